The van der Waals surface area contributed by atoms with Crippen LogP contribution in [-0.2, 0) is 19.4 Å². The Kier molecular flexibility index (Phi) is 5.27. The highest BCUT2D eigenvalue weighted by atomic mass is 32.2. The fraction of sp³-hybridized carbons (Fsp3) is 0.929. The van der Waals surface area contributed by atoms with Crippen molar-refractivity contribution in [3.63, 3.8) is 0 Å². The highest BCUT2D eigenvalue weighted by molar-refractivity contribution is 7.90. The van der Waals surface area contributed by atoms with Crippen molar-refractivity contribution >= 4 is 15.7 Å². The lowest BCUT2D eigenvalue weighted by atomic mass is 9.78. The first-order chi connectivity index (χ1) is 9.86. The lowest BCUT2D eigenvalue weighted by Crippen LogP contribution is -2.51. The van der Waals surface area contributed by atoms with E-state index in [4.69, 9.17) is 4.74 Å². The average molecular weight is 318 g/mol. The van der Waals surface area contributed by atoms with E-state index in [2.05, 4.69) is 4.90 Å². The van der Waals surface area contributed by atoms with Gasteiger partial charge in [-0.05, 0) is 25.8 Å². The normalized spacial score (nSPS) is 27.7. The van der Waals surface area contributed by atoms with E-state index in [9.17, 15) is 13.2 Å². The molecular weight excluding hydrogens is 292 g/mol. The minimum atomic E-state index is -2.94. The Bertz CT molecular complexity index is 479. The monoisotopic (exact) mass is 318 g/mol. The molecule has 2 aliphatic rings. The molecule has 21 heavy (non-hydrogen) atoms. The topological polar surface area (TPSA) is 66.9 Å². The Morgan fingerprint density at radius 2 is 2.00 bits per heavy atom. The number of carbonyl (C=O) groups excluding carboxylic acids is 1. The summed E-state index contributed by atoms with van der Waals surface area (Å²) in [6.07, 6.45) is 4.05. The number of carbonyl (C=O) groups is 1. The lowest BCUT2D eigenvalue weighted by molar-refractivity contribution is -0.146. The van der Waals surface area contributed by atoms with Gasteiger partial charge in [-0.2, -0.15) is 0 Å². The van der Waals surface area contributed by atoms with Crippen LogP contribution in [0, 0.1) is 5.41 Å². The number of amides is 1. The van der Waals surface area contributed by atoms with Gasteiger partial charge in [0.15, 0.2) is 0 Å². The Morgan fingerprint density at radius 3 is 2.67 bits per heavy atom. The largest absolute Gasteiger partial charge is 0.383 e. The molecule has 0 saturated carbocycles. The Morgan fingerprint density at radius 1 is 1.24 bits per heavy atom. The fourth-order valence-corrected chi connectivity index (χ4v) is 3.98. The van der Waals surface area contributed by atoms with Gasteiger partial charge in [0.1, 0.15) is 9.84 Å². The SMILES string of the molecule is COCCN1CCC[C@@]2(CCN(CCS(C)(=O)=O)C2)C1=O. The zero-order chi connectivity index (χ0) is 15.5. The molecule has 1 spiro atoms. The molecule has 7 heteroatoms. The van der Waals surface area contributed by atoms with Gasteiger partial charge < -0.3 is 14.5 Å². The molecule has 0 aromatic heterocycles. The van der Waals surface area contributed by atoms with Crippen LogP contribution in [0.3, 0.4) is 0 Å². The molecule has 0 bridgehead atoms. The van der Waals surface area contributed by atoms with E-state index in [1.54, 1.807) is 7.11 Å². The molecule has 2 fully saturated rings. The van der Waals surface area contributed by atoms with Gasteiger partial charge in [-0.15, -0.1) is 0 Å². The molecule has 0 aliphatic carbocycles. The zero-order valence-corrected chi connectivity index (χ0v) is 13.8. The number of ether oxygens (including phenoxy) is 1. The van der Waals surface area contributed by atoms with Crippen molar-refractivity contribution in [2.45, 2.75) is 19.3 Å². The molecular formula is C14H26N2O4S. The number of methoxy groups -OCH3 is 1. The smallest absolute Gasteiger partial charge is 0.230 e. The minimum absolute atomic E-state index is 0.171. The first-order valence-electron chi connectivity index (χ1n) is 7.55. The molecule has 0 N–H and O–H groups in total. The highest BCUT2D eigenvalue weighted by Gasteiger charge is 2.47. The first-order valence-corrected chi connectivity index (χ1v) is 9.61. The summed E-state index contributed by atoms with van der Waals surface area (Å²) >= 11 is 0. The number of nitrogens with zero attached hydrogens (tertiary/aromatic N) is 2. The van der Waals surface area contributed by atoms with Gasteiger partial charge in [0, 0.05) is 39.5 Å². The van der Waals surface area contributed by atoms with Crippen molar-refractivity contribution in [1.82, 2.24) is 9.80 Å². The Hall–Kier alpha value is -0.660. The predicted molar refractivity (Wildman–Crippen MR) is 80.9 cm³/mol. The molecule has 2 rings (SSSR count). The van der Waals surface area contributed by atoms with Gasteiger partial charge in [0.25, 0.3) is 0 Å². The number of hydrogen-bond donors (Lipinski definition) is 0. The second-order valence-electron chi connectivity index (χ2n) is 6.32. The maximum Gasteiger partial charge on any atom is 0.230 e. The minimum Gasteiger partial charge on any atom is -0.383 e. The number of likely N-dealkylation sites (tertiary alicyclic amines) is 2. The molecule has 1 amide bonds. The van der Waals surface area contributed by atoms with Crippen LogP contribution in [0.4, 0.5) is 0 Å². The van der Waals surface area contributed by atoms with E-state index in [0.717, 1.165) is 32.4 Å². The predicted octanol–water partition coefficient (Wildman–Crippen LogP) is -0.00810. The fourth-order valence-electron chi connectivity index (χ4n) is 3.39. The molecule has 0 radical (unpaired) electrons. The molecule has 6 nitrogen and oxygen atoms in total. The van der Waals surface area contributed by atoms with Gasteiger partial charge in [-0.25, -0.2) is 8.42 Å². The van der Waals surface area contributed by atoms with Crippen LogP contribution in [0.15, 0.2) is 0 Å². The number of sulfone groups is 1. The van der Waals surface area contributed by atoms with Gasteiger partial charge in [-0.3, -0.25) is 4.79 Å². The van der Waals surface area contributed by atoms with Crippen LogP contribution in [0.2, 0.25) is 0 Å². The van der Waals surface area contributed by atoms with Crippen molar-refractivity contribution in [3.05, 3.63) is 0 Å². The molecule has 122 valence electrons. The summed E-state index contributed by atoms with van der Waals surface area (Å²) in [6, 6.07) is 0. The van der Waals surface area contributed by atoms with E-state index >= 15 is 0 Å². The quantitative estimate of drug-likeness (QED) is 0.689. The van der Waals surface area contributed by atoms with Gasteiger partial charge in [0.05, 0.1) is 17.8 Å². The van der Waals surface area contributed by atoms with E-state index in [-0.39, 0.29) is 17.1 Å². The molecule has 2 heterocycles. The summed E-state index contributed by atoms with van der Waals surface area (Å²) in [5.41, 5.74) is -0.288. The summed E-state index contributed by atoms with van der Waals surface area (Å²) in [5.74, 6) is 0.401. The summed E-state index contributed by atoms with van der Waals surface area (Å²) in [4.78, 5) is 16.8. The van der Waals surface area contributed by atoms with Crippen molar-refractivity contribution in [3.8, 4) is 0 Å². The summed E-state index contributed by atoms with van der Waals surface area (Å²) in [6.45, 7) is 4.09. The summed E-state index contributed by atoms with van der Waals surface area (Å²) < 4.78 is 27.6. The lowest BCUT2D eigenvalue weighted by Gasteiger charge is -2.39. The number of piperidine rings is 1. The average Bonchev–Trinajstić information content (AvgIpc) is 2.82. The highest BCUT2D eigenvalue weighted by Crippen LogP contribution is 2.39. The molecule has 2 saturated heterocycles. The maximum atomic E-state index is 12.7. The second kappa shape index (κ2) is 6.62. The second-order valence-corrected chi connectivity index (χ2v) is 8.58. The van der Waals surface area contributed by atoms with E-state index < -0.39 is 9.84 Å². The van der Waals surface area contributed by atoms with Crippen LogP contribution in [-0.4, -0.2) is 82.6 Å². The van der Waals surface area contributed by atoms with Gasteiger partial charge in [-0.1, -0.05) is 0 Å². The molecule has 0 aromatic carbocycles. The molecule has 0 aromatic rings. The summed E-state index contributed by atoms with van der Waals surface area (Å²) in [7, 11) is -1.30. The van der Waals surface area contributed by atoms with Crippen molar-refractivity contribution in [1.29, 1.82) is 0 Å². The van der Waals surface area contributed by atoms with Crippen molar-refractivity contribution in [2.75, 3.05) is 58.4 Å². The standard InChI is InChI=1S/C14H26N2O4S/c1-20-10-8-16-6-3-4-14(13(16)17)5-7-15(12-14)9-11-21(2,18)19/h3-12H2,1-2H3/t14-/m0/s1. The third-order valence-electron chi connectivity index (χ3n) is 4.60. The van der Waals surface area contributed by atoms with E-state index in [0.29, 0.717) is 26.2 Å². The number of hydrogen-bond acceptors (Lipinski definition) is 5. The summed E-state index contributed by atoms with van der Waals surface area (Å²) in [5, 5.41) is 0. The number of rotatable bonds is 6. The maximum absolute atomic E-state index is 12.7. The van der Waals surface area contributed by atoms with Crippen LogP contribution in [0.5, 0.6) is 0 Å². The Balaban J connectivity index is 1.94. The van der Waals surface area contributed by atoms with Crippen LogP contribution < -0.4 is 0 Å². The molecule has 2 aliphatic heterocycles. The third-order valence-corrected chi connectivity index (χ3v) is 5.52. The van der Waals surface area contributed by atoms with Gasteiger partial charge >= 0.3 is 0 Å². The molecule has 0 unspecified atom stereocenters. The molecule has 1 atom stereocenters. The Labute approximate surface area is 127 Å². The zero-order valence-electron chi connectivity index (χ0n) is 13.0. The van der Waals surface area contributed by atoms with E-state index in [1.165, 1.54) is 6.26 Å². The van der Waals surface area contributed by atoms with Crippen molar-refractivity contribution < 1.29 is 17.9 Å². The van der Waals surface area contributed by atoms with Gasteiger partial charge in [0.2, 0.25) is 5.91 Å². The van der Waals surface area contributed by atoms with E-state index in [1.807, 2.05) is 4.90 Å². The van der Waals surface area contributed by atoms with Crippen LogP contribution >= 0.6 is 0 Å². The van der Waals surface area contributed by atoms with Crippen LogP contribution in [0.1, 0.15) is 19.3 Å². The third kappa shape index (κ3) is 4.17. The van der Waals surface area contributed by atoms with Crippen molar-refractivity contribution in [2.24, 2.45) is 5.41 Å². The first kappa shape index (κ1) is 16.7. The van der Waals surface area contributed by atoms with Crippen LogP contribution in [0.25, 0.3) is 0 Å².